The van der Waals surface area contributed by atoms with E-state index in [2.05, 4.69) is 15.6 Å². The van der Waals surface area contributed by atoms with E-state index in [-0.39, 0.29) is 30.7 Å². The topological polar surface area (TPSA) is 76.9 Å². The molecular formula is C21H28Cl2N4O3. The molecule has 0 saturated heterocycles. The van der Waals surface area contributed by atoms with Crippen LogP contribution in [0.2, 0.25) is 0 Å². The third-order valence-corrected chi connectivity index (χ3v) is 4.31. The number of aryl methyl sites for hydroxylation is 1. The van der Waals surface area contributed by atoms with E-state index in [1.807, 2.05) is 48.0 Å². The zero-order valence-electron chi connectivity index (χ0n) is 17.1. The molecule has 2 N–H and O–H groups in total. The number of ether oxygens (including phenoxy) is 2. The molecule has 3 aromatic rings. The van der Waals surface area contributed by atoms with Crippen molar-refractivity contribution >= 4 is 36.4 Å². The fraction of sp³-hybridized carbons (Fsp3) is 0.333. The van der Waals surface area contributed by atoms with Gasteiger partial charge in [-0.3, -0.25) is 4.79 Å². The van der Waals surface area contributed by atoms with Gasteiger partial charge in [-0.05, 0) is 30.7 Å². The van der Waals surface area contributed by atoms with Crippen LogP contribution in [0.25, 0.3) is 5.65 Å². The van der Waals surface area contributed by atoms with Crippen molar-refractivity contribution in [3.05, 3.63) is 65.6 Å². The zero-order valence-corrected chi connectivity index (χ0v) is 18.7. The van der Waals surface area contributed by atoms with Crippen LogP contribution < -0.4 is 15.4 Å². The fourth-order valence-corrected chi connectivity index (χ4v) is 2.86. The van der Waals surface area contributed by atoms with E-state index in [0.717, 1.165) is 23.4 Å². The first kappa shape index (κ1) is 25.7. The van der Waals surface area contributed by atoms with Crippen molar-refractivity contribution in [2.24, 2.45) is 0 Å². The molecule has 0 fully saturated rings. The Labute approximate surface area is 189 Å². The van der Waals surface area contributed by atoms with Crippen molar-refractivity contribution in [2.45, 2.75) is 13.5 Å². The first-order valence-corrected chi connectivity index (χ1v) is 9.32. The van der Waals surface area contributed by atoms with Crippen molar-refractivity contribution in [3.8, 4) is 5.75 Å². The van der Waals surface area contributed by atoms with Crippen LogP contribution >= 0.6 is 24.8 Å². The number of carbonyl (C=O) groups is 1. The van der Waals surface area contributed by atoms with Gasteiger partial charge in [-0.25, -0.2) is 4.98 Å². The largest absolute Gasteiger partial charge is 0.486 e. The molecule has 1 amide bonds. The predicted molar refractivity (Wildman–Crippen MR) is 122 cm³/mol. The second kappa shape index (κ2) is 13.1. The maximum atomic E-state index is 12.5. The summed E-state index contributed by atoms with van der Waals surface area (Å²) in [7, 11) is 1.66. The van der Waals surface area contributed by atoms with E-state index in [9.17, 15) is 4.79 Å². The van der Waals surface area contributed by atoms with Crippen LogP contribution in [0.5, 0.6) is 5.75 Å². The Kier molecular flexibility index (Phi) is 11.2. The minimum Gasteiger partial charge on any atom is -0.486 e. The maximum Gasteiger partial charge on any atom is 0.255 e. The summed E-state index contributed by atoms with van der Waals surface area (Å²) in [5, 5.41) is 6.09. The average Bonchev–Trinajstić information content (AvgIpc) is 3.14. The van der Waals surface area contributed by atoms with E-state index < -0.39 is 0 Å². The molecule has 0 atom stereocenters. The Bertz CT molecular complexity index is 934. The molecule has 0 aliphatic carbocycles. The van der Waals surface area contributed by atoms with Crippen LogP contribution in [0.1, 0.15) is 21.6 Å². The number of benzene rings is 1. The van der Waals surface area contributed by atoms with Gasteiger partial charge in [0.05, 0.1) is 17.9 Å². The SMILES string of the molecule is COCCNCCNC(=O)c1ccccc1OCc1cn2cccc(C)c2n1.Cl.Cl. The number of rotatable bonds is 10. The molecule has 0 unspecified atom stereocenters. The molecular weight excluding hydrogens is 427 g/mol. The molecule has 30 heavy (non-hydrogen) atoms. The normalized spacial score (nSPS) is 10.2. The molecule has 3 rings (SSSR count). The average molecular weight is 455 g/mol. The van der Waals surface area contributed by atoms with Gasteiger partial charge < -0.3 is 24.5 Å². The number of amides is 1. The fourth-order valence-electron chi connectivity index (χ4n) is 2.86. The molecule has 9 heteroatoms. The first-order chi connectivity index (χ1) is 13.7. The molecule has 2 aromatic heterocycles. The molecule has 0 spiro atoms. The number of aromatic nitrogens is 2. The van der Waals surface area contributed by atoms with Gasteiger partial charge >= 0.3 is 0 Å². The van der Waals surface area contributed by atoms with E-state index in [0.29, 0.717) is 37.6 Å². The standard InChI is InChI=1S/C21H26N4O3.2ClH/c1-16-6-5-12-25-14-17(24-20(16)25)15-28-19-8-4-3-7-18(19)21(26)23-10-9-22-11-13-27-2;;/h3-8,12,14,22H,9-11,13,15H2,1-2H3,(H,23,26);2*1H. The summed E-state index contributed by atoms with van der Waals surface area (Å²) in [5.41, 5.74) is 3.34. The Balaban J connectivity index is 0.00000225. The zero-order chi connectivity index (χ0) is 19.8. The van der Waals surface area contributed by atoms with Crippen LogP contribution in [0.3, 0.4) is 0 Å². The van der Waals surface area contributed by atoms with Crippen molar-refractivity contribution in [3.63, 3.8) is 0 Å². The second-order valence-electron chi connectivity index (χ2n) is 6.44. The van der Waals surface area contributed by atoms with Gasteiger partial charge in [-0.1, -0.05) is 18.2 Å². The first-order valence-electron chi connectivity index (χ1n) is 9.32. The van der Waals surface area contributed by atoms with Crippen molar-refractivity contribution in [2.75, 3.05) is 33.4 Å². The molecule has 1 aromatic carbocycles. The Morgan fingerprint density at radius 2 is 1.90 bits per heavy atom. The van der Waals surface area contributed by atoms with Crippen LogP contribution in [-0.2, 0) is 11.3 Å². The lowest BCUT2D eigenvalue weighted by Gasteiger charge is -2.11. The molecule has 0 aliphatic heterocycles. The van der Waals surface area contributed by atoms with Crippen LogP contribution in [0.4, 0.5) is 0 Å². The summed E-state index contributed by atoms with van der Waals surface area (Å²) in [4.78, 5) is 17.1. The number of para-hydroxylation sites is 1. The summed E-state index contributed by atoms with van der Waals surface area (Å²) in [6.07, 6.45) is 3.90. The second-order valence-corrected chi connectivity index (χ2v) is 6.44. The van der Waals surface area contributed by atoms with Gasteiger partial charge in [-0.15, -0.1) is 24.8 Å². The summed E-state index contributed by atoms with van der Waals surface area (Å²) in [6, 6.07) is 11.2. The van der Waals surface area contributed by atoms with E-state index in [1.54, 1.807) is 19.2 Å². The van der Waals surface area contributed by atoms with Gasteiger partial charge in [-0.2, -0.15) is 0 Å². The Morgan fingerprint density at radius 3 is 2.67 bits per heavy atom. The number of imidazole rings is 1. The van der Waals surface area contributed by atoms with Crippen molar-refractivity contribution in [1.82, 2.24) is 20.0 Å². The molecule has 0 saturated carbocycles. The highest BCUT2D eigenvalue weighted by atomic mass is 35.5. The van der Waals surface area contributed by atoms with Crippen LogP contribution in [0, 0.1) is 6.92 Å². The Morgan fingerprint density at radius 1 is 1.10 bits per heavy atom. The molecule has 7 nitrogen and oxygen atoms in total. The lowest BCUT2D eigenvalue weighted by atomic mass is 10.2. The lowest BCUT2D eigenvalue weighted by molar-refractivity contribution is 0.0949. The van der Waals surface area contributed by atoms with Crippen LogP contribution in [0.15, 0.2) is 48.8 Å². The van der Waals surface area contributed by atoms with E-state index in [1.165, 1.54) is 0 Å². The number of fused-ring (bicyclic) bond motifs is 1. The predicted octanol–water partition coefficient (Wildman–Crippen LogP) is 3.03. The number of nitrogens with zero attached hydrogens (tertiary/aromatic N) is 2. The van der Waals surface area contributed by atoms with Gasteiger partial charge in [0.25, 0.3) is 5.91 Å². The van der Waals surface area contributed by atoms with E-state index >= 15 is 0 Å². The smallest absolute Gasteiger partial charge is 0.255 e. The number of hydrogen-bond acceptors (Lipinski definition) is 5. The molecule has 0 aliphatic rings. The summed E-state index contributed by atoms with van der Waals surface area (Å²) < 4.78 is 12.9. The molecule has 164 valence electrons. The summed E-state index contributed by atoms with van der Waals surface area (Å²) in [5.74, 6) is 0.385. The van der Waals surface area contributed by atoms with Crippen molar-refractivity contribution in [1.29, 1.82) is 0 Å². The van der Waals surface area contributed by atoms with Crippen LogP contribution in [-0.4, -0.2) is 48.6 Å². The summed E-state index contributed by atoms with van der Waals surface area (Å²) in [6.45, 7) is 4.93. The lowest BCUT2D eigenvalue weighted by Crippen LogP contribution is -2.33. The maximum absolute atomic E-state index is 12.5. The third-order valence-electron chi connectivity index (χ3n) is 4.31. The highest BCUT2D eigenvalue weighted by Crippen LogP contribution is 2.19. The number of nitrogens with one attached hydrogen (secondary N) is 2. The molecule has 0 bridgehead atoms. The van der Waals surface area contributed by atoms with Gasteiger partial charge in [0.1, 0.15) is 18.0 Å². The van der Waals surface area contributed by atoms with Gasteiger partial charge in [0.15, 0.2) is 0 Å². The number of hydrogen-bond donors (Lipinski definition) is 2. The molecule has 2 heterocycles. The number of pyridine rings is 1. The Hall–Kier alpha value is -2.32. The highest BCUT2D eigenvalue weighted by Gasteiger charge is 2.12. The number of carbonyl (C=O) groups excluding carboxylic acids is 1. The van der Waals surface area contributed by atoms with E-state index in [4.69, 9.17) is 9.47 Å². The van der Waals surface area contributed by atoms with Gasteiger partial charge in [0, 0.05) is 39.1 Å². The number of methoxy groups -OCH3 is 1. The molecule has 0 radical (unpaired) electrons. The quantitative estimate of drug-likeness (QED) is 0.460. The van der Waals surface area contributed by atoms with Crippen molar-refractivity contribution < 1.29 is 14.3 Å². The van der Waals surface area contributed by atoms with Gasteiger partial charge in [0.2, 0.25) is 0 Å². The monoisotopic (exact) mass is 454 g/mol. The highest BCUT2D eigenvalue weighted by molar-refractivity contribution is 5.96. The number of halogens is 2. The minimum absolute atomic E-state index is 0. The third kappa shape index (κ3) is 6.88. The summed E-state index contributed by atoms with van der Waals surface area (Å²) >= 11 is 0. The minimum atomic E-state index is -0.157.